The Morgan fingerprint density at radius 3 is 2.43 bits per heavy atom. The van der Waals surface area contributed by atoms with Gasteiger partial charge in [0.05, 0.1) is 0 Å². The number of rotatable bonds is 2. The van der Waals surface area contributed by atoms with Crippen LogP contribution in [0.4, 0.5) is 0 Å². The zero-order valence-electron chi connectivity index (χ0n) is 8.51. The van der Waals surface area contributed by atoms with Crippen molar-refractivity contribution < 1.29 is 0 Å². The lowest BCUT2D eigenvalue weighted by Gasteiger charge is -2.11. The molecule has 2 rings (SSSR count). The second-order valence-corrected chi connectivity index (χ2v) is 3.51. The predicted molar refractivity (Wildman–Crippen MR) is 57.2 cm³/mol. The van der Waals surface area contributed by atoms with E-state index in [0.29, 0.717) is 5.92 Å². The molecule has 1 aromatic heterocycles. The number of aryl methyl sites for hydroxylation is 1. The quantitative estimate of drug-likeness (QED) is 0.704. The third-order valence-electron chi connectivity index (χ3n) is 2.60. The number of benzene rings is 1. The predicted octanol–water partition coefficient (Wildman–Crippen LogP) is 2.57. The third-order valence-corrected chi connectivity index (χ3v) is 2.60. The highest BCUT2D eigenvalue weighted by Crippen LogP contribution is 2.22. The Hall–Kier alpha value is -1.57. The van der Waals surface area contributed by atoms with Crippen LogP contribution in [0.1, 0.15) is 24.1 Å². The highest BCUT2D eigenvalue weighted by atomic mass is 15.3. The zero-order chi connectivity index (χ0) is 9.97. The van der Waals surface area contributed by atoms with Gasteiger partial charge in [0.2, 0.25) is 0 Å². The van der Waals surface area contributed by atoms with E-state index in [2.05, 4.69) is 42.4 Å². The fourth-order valence-corrected chi connectivity index (χ4v) is 1.72. The molecule has 72 valence electrons. The maximum absolute atomic E-state index is 4.18. The van der Waals surface area contributed by atoms with Gasteiger partial charge in [0.1, 0.15) is 0 Å². The second kappa shape index (κ2) is 3.66. The van der Waals surface area contributed by atoms with Gasteiger partial charge in [0.25, 0.3) is 0 Å². The minimum atomic E-state index is 0.406. The number of hydrogen-bond acceptors (Lipinski definition) is 1. The van der Waals surface area contributed by atoms with E-state index in [1.807, 2.05) is 24.0 Å². The SMILES string of the molecule is CC(c1ccccc1)c1ccnn1C. The average molecular weight is 186 g/mol. The molecule has 1 aromatic carbocycles. The largest absolute Gasteiger partial charge is 0.272 e. The Morgan fingerprint density at radius 1 is 1.14 bits per heavy atom. The summed E-state index contributed by atoms with van der Waals surface area (Å²) in [6.45, 7) is 2.20. The van der Waals surface area contributed by atoms with Gasteiger partial charge in [-0.05, 0) is 11.6 Å². The first-order valence-corrected chi connectivity index (χ1v) is 4.82. The molecule has 1 unspecified atom stereocenters. The molecule has 1 heterocycles. The molecule has 14 heavy (non-hydrogen) atoms. The van der Waals surface area contributed by atoms with Crippen LogP contribution in [-0.4, -0.2) is 9.78 Å². The summed E-state index contributed by atoms with van der Waals surface area (Å²) in [6.07, 6.45) is 1.84. The van der Waals surface area contributed by atoms with E-state index >= 15 is 0 Å². The van der Waals surface area contributed by atoms with Gasteiger partial charge in [0.15, 0.2) is 0 Å². The van der Waals surface area contributed by atoms with Crippen LogP contribution >= 0.6 is 0 Å². The van der Waals surface area contributed by atoms with Crippen molar-refractivity contribution in [3.8, 4) is 0 Å². The van der Waals surface area contributed by atoms with Crippen molar-refractivity contribution in [1.29, 1.82) is 0 Å². The molecule has 0 N–H and O–H groups in total. The molecule has 1 atom stereocenters. The molecule has 0 radical (unpaired) electrons. The third kappa shape index (κ3) is 1.55. The molecule has 0 saturated carbocycles. The van der Waals surface area contributed by atoms with E-state index < -0.39 is 0 Å². The van der Waals surface area contributed by atoms with E-state index in [0.717, 1.165) is 0 Å². The van der Waals surface area contributed by atoms with Crippen LogP contribution in [0.25, 0.3) is 0 Å². The van der Waals surface area contributed by atoms with Gasteiger partial charge < -0.3 is 0 Å². The summed E-state index contributed by atoms with van der Waals surface area (Å²) in [7, 11) is 1.98. The molecule has 0 aliphatic rings. The van der Waals surface area contributed by atoms with Crippen LogP contribution < -0.4 is 0 Å². The number of aromatic nitrogens is 2. The second-order valence-electron chi connectivity index (χ2n) is 3.51. The van der Waals surface area contributed by atoms with Crippen LogP contribution in [0.5, 0.6) is 0 Å². The van der Waals surface area contributed by atoms with Crippen molar-refractivity contribution in [3.63, 3.8) is 0 Å². The molecule has 0 aliphatic heterocycles. The zero-order valence-corrected chi connectivity index (χ0v) is 8.51. The van der Waals surface area contributed by atoms with Crippen molar-refractivity contribution in [2.45, 2.75) is 12.8 Å². The molecule has 2 nitrogen and oxygen atoms in total. The van der Waals surface area contributed by atoms with E-state index in [1.165, 1.54) is 11.3 Å². The van der Waals surface area contributed by atoms with Gasteiger partial charge in [-0.15, -0.1) is 0 Å². The molecule has 0 amide bonds. The monoisotopic (exact) mass is 186 g/mol. The lowest BCUT2D eigenvalue weighted by Crippen LogP contribution is -2.03. The first kappa shape index (κ1) is 9.00. The van der Waals surface area contributed by atoms with Crippen molar-refractivity contribution in [1.82, 2.24) is 9.78 Å². The first-order chi connectivity index (χ1) is 6.79. The summed E-state index contributed by atoms with van der Waals surface area (Å²) in [4.78, 5) is 0. The van der Waals surface area contributed by atoms with Gasteiger partial charge in [-0.25, -0.2) is 0 Å². The lowest BCUT2D eigenvalue weighted by molar-refractivity contribution is 0.685. The van der Waals surface area contributed by atoms with Gasteiger partial charge in [-0.1, -0.05) is 37.3 Å². The van der Waals surface area contributed by atoms with Crippen LogP contribution in [0.3, 0.4) is 0 Å². The summed E-state index contributed by atoms with van der Waals surface area (Å²) in [5, 5.41) is 4.18. The molecule has 0 fully saturated rings. The van der Waals surface area contributed by atoms with Crippen LogP contribution in [-0.2, 0) is 7.05 Å². The van der Waals surface area contributed by atoms with E-state index in [-0.39, 0.29) is 0 Å². The molecule has 0 bridgehead atoms. The fraction of sp³-hybridized carbons (Fsp3) is 0.250. The summed E-state index contributed by atoms with van der Waals surface area (Å²) >= 11 is 0. The van der Waals surface area contributed by atoms with Gasteiger partial charge in [0, 0.05) is 24.9 Å². The van der Waals surface area contributed by atoms with Gasteiger partial charge in [-0.2, -0.15) is 5.10 Å². The van der Waals surface area contributed by atoms with E-state index in [9.17, 15) is 0 Å². The van der Waals surface area contributed by atoms with Gasteiger partial charge in [-0.3, -0.25) is 4.68 Å². The highest BCUT2D eigenvalue weighted by molar-refractivity contribution is 5.26. The Bertz CT molecular complexity index is 403. The Morgan fingerprint density at radius 2 is 1.86 bits per heavy atom. The summed E-state index contributed by atoms with van der Waals surface area (Å²) < 4.78 is 1.93. The van der Waals surface area contributed by atoms with Gasteiger partial charge >= 0.3 is 0 Å². The first-order valence-electron chi connectivity index (χ1n) is 4.82. The molecular weight excluding hydrogens is 172 g/mol. The normalized spacial score (nSPS) is 12.7. The van der Waals surface area contributed by atoms with Crippen molar-refractivity contribution >= 4 is 0 Å². The highest BCUT2D eigenvalue weighted by Gasteiger charge is 2.10. The average Bonchev–Trinajstić information content (AvgIpc) is 2.65. The summed E-state index contributed by atoms with van der Waals surface area (Å²) in [5.41, 5.74) is 2.58. The van der Waals surface area contributed by atoms with Crippen LogP contribution in [0, 0.1) is 0 Å². The lowest BCUT2D eigenvalue weighted by atomic mass is 9.98. The minimum Gasteiger partial charge on any atom is -0.272 e. The topological polar surface area (TPSA) is 17.8 Å². The summed E-state index contributed by atoms with van der Waals surface area (Å²) in [5.74, 6) is 0.406. The minimum absolute atomic E-state index is 0.406. The Balaban J connectivity index is 2.34. The fourth-order valence-electron chi connectivity index (χ4n) is 1.72. The molecular formula is C12H14N2. The van der Waals surface area contributed by atoms with Crippen molar-refractivity contribution in [2.75, 3.05) is 0 Å². The molecule has 0 aliphatic carbocycles. The van der Waals surface area contributed by atoms with E-state index in [4.69, 9.17) is 0 Å². The van der Waals surface area contributed by atoms with Crippen molar-refractivity contribution in [3.05, 3.63) is 53.9 Å². The van der Waals surface area contributed by atoms with Crippen LogP contribution in [0.15, 0.2) is 42.6 Å². The Kier molecular flexibility index (Phi) is 2.35. The maximum atomic E-state index is 4.18. The molecule has 0 spiro atoms. The molecule has 0 saturated heterocycles. The smallest absolute Gasteiger partial charge is 0.0492 e. The Labute approximate surface area is 84.2 Å². The number of nitrogens with zero attached hydrogens (tertiary/aromatic N) is 2. The molecule has 2 aromatic rings. The van der Waals surface area contributed by atoms with E-state index in [1.54, 1.807) is 0 Å². The standard InChI is InChI=1S/C12H14N2/c1-10(11-6-4-3-5-7-11)12-8-9-13-14(12)2/h3-10H,1-2H3. The van der Waals surface area contributed by atoms with Crippen molar-refractivity contribution in [2.24, 2.45) is 7.05 Å². The summed E-state index contributed by atoms with van der Waals surface area (Å²) in [6, 6.07) is 12.6. The van der Waals surface area contributed by atoms with Crippen LogP contribution in [0.2, 0.25) is 0 Å². The maximum Gasteiger partial charge on any atom is 0.0492 e. The molecule has 2 heteroatoms. The number of hydrogen-bond donors (Lipinski definition) is 0.